The lowest BCUT2D eigenvalue weighted by Gasteiger charge is -2.47. The number of hydrogen-bond donors (Lipinski definition) is 1. The van der Waals surface area contributed by atoms with Crippen LogP contribution in [0.4, 0.5) is 0 Å². The summed E-state index contributed by atoms with van der Waals surface area (Å²) in [7, 11) is -2.29. The Morgan fingerprint density at radius 3 is 2.41 bits per heavy atom. The average molecular weight is 699 g/mol. The van der Waals surface area contributed by atoms with E-state index in [0.717, 1.165) is 27.8 Å². The predicted octanol–water partition coefficient (Wildman–Crippen LogP) is 6.47. The zero-order valence-corrected chi connectivity index (χ0v) is 31.4. The number of carbonyl (C=O) groups is 2. The minimum absolute atomic E-state index is 0.0838. The van der Waals surface area contributed by atoms with Crippen molar-refractivity contribution >= 4 is 21.9 Å². The molecule has 2 heterocycles. The Hall–Kier alpha value is -3.41. The summed E-state index contributed by atoms with van der Waals surface area (Å²) in [6, 6.07) is 9.36. The van der Waals surface area contributed by atoms with Gasteiger partial charge in [0.2, 0.25) is 15.9 Å². The van der Waals surface area contributed by atoms with E-state index in [4.69, 9.17) is 14.2 Å². The van der Waals surface area contributed by atoms with Crippen LogP contribution in [0, 0.1) is 18.8 Å². The Bertz CT molecular complexity index is 1660. The third-order valence-electron chi connectivity index (χ3n) is 9.83. The molecule has 0 unspecified atom stereocenters. The Balaban J connectivity index is 1.64. The van der Waals surface area contributed by atoms with Crippen LogP contribution in [0.15, 0.2) is 47.4 Å². The SMILES string of the molecule is C=C(C)[C@H]1C[C@@H]2CN(S(=O)(=O)c3cc(C(C)(C)C)ccc3OCCN(C)C(C)=O)CC[C@@H]2O[C@@H]1c1c(C)cc(C(C)C)cc1OCC(=O)O. The number of carbonyl (C=O) groups excluding carboxylic acids is 1. The smallest absolute Gasteiger partial charge is 0.341 e. The van der Waals surface area contributed by atoms with Crippen molar-refractivity contribution in [2.24, 2.45) is 11.8 Å². The number of nitrogens with zero attached hydrogens (tertiary/aromatic N) is 2. The van der Waals surface area contributed by atoms with Crippen molar-refractivity contribution in [2.45, 2.75) is 96.7 Å². The van der Waals surface area contributed by atoms with Gasteiger partial charge in [-0.15, -0.1) is 0 Å². The molecule has 2 aromatic rings. The summed E-state index contributed by atoms with van der Waals surface area (Å²) < 4.78 is 49.2. The fourth-order valence-electron chi connectivity index (χ4n) is 6.70. The molecule has 0 spiro atoms. The molecular formula is C38H54N2O8S. The number of benzene rings is 2. The molecule has 2 aliphatic heterocycles. The number of aliphatic carboxylic acids is 1. The molecule has 2 aromatic carbocycles. The Labute approximate surface area is 292 Å². The van der Waals surface area contributed by atoms with Gasteiger partial charge in [-0.05, 0) is 78.8 Å². The van der Waals surface area contributed by atoms with Gasteiger partial charge in [0.25, 0.3) is 0 Å². The van der Waals surface area contributed by atoms with Crippen LogP contribution in [0.3, 0.4) is 0 Å². The van der Waals surface area contributed by atoms with Crippen molar-refractivity contribution in [1.82, 2.24) is 9.21 Å². The summed E-state index contributed by atoms with van der Waals surface area (Å²) in [6.07, 6.45) is 0.533. The first-order valence-electron chi connectivity index (χ1n) is 17.1. The number of amides is 1. The minimum atomic E-state index is -3.96. The lowest BCUT2D eigenvalue weighted by atomic mass is 9.75. The highest BCUT2D eigenvalue weighted by Gasteiger charge is 2.45. The number of piperidine rings is 1. The first-order chi connectivity index (χ1) is 22.8. The predicted molar refractivity (Wildman–Crippen MR) is 190 cm³/mol. The molecule has 270 valence electrons. The summed E-state index contributed by atoms with van der Waals surface area (Å²) in [5.41, 5.74) is 4.32. The molecule has 1 amide bonds. The highest BCUT2D eigenvalue weighted by Crippen LogP contribution is 2.49. The highest BCUT2D eigenvalue weighted by molar-refractivity contribution is 7.89. The van der Waals surface area contributed by atoms with E-state index in [0.29, 0.717) is 25.1 Å². The molecular weight excluding hydrogens is 644 g/mol. The van der Waals surface area contributed by atoms with Gasteiger partial charge in [0, 0.05) is 38.5 Å². The van der Waals surface area contributed by atoms with Crippen LogP contribution in [0.2, 0.25) is 0 Å². The molecule has 11 heteroatoms. The van der Waals surface area contributed by atoms with Crippen LogP contribution < -0.4 is 9.47 Å². The molecule has 0 aromatic heterocycles. The van der Waals surface area contributed by atoms with E-state index in [1.807, 2.05) is 46.8 Å². The number of fused-ring (bicyclic) bond motifs is 1. The van der Waals surface area contributed by atoms with E-state index >= 15 is 0 Å². The molecule has 0 bridgehead atoms. The van der Waals surface area contributed by atoms with Gasteiger partial charge >= 0.3 is 5.97 Å². The number of carboxylic acids is 1. The van der Waals surface area contributed by atoms with E-state index < -0.39 is 28.7 Å². The Kier molecular flexibility index (Phi) is 11.9. The van der Waals surface area contributed by atoms with E-state index in [1.54, 1.807) is 23.5 Å². The van der Waals surface area contributed by atoms with Gasteiger partial charge < -0.3 is 24.2 Å². The van der Waals surface area contributed by atoms with Crippen LogP contribution in [0.5, 0.6) is 11.5 Å². The molecule has 4 atom stereocenters. The zero-order chi connectivity index (χ0) is 36.4. The Morgan fingerprint density at radius 1 is 1.12 bits per heavy atom. The largest absolute Gasteiger partial charge is 0.490 e. The van der Waals surface area contributed by atoms with Gasteiger partial charge in [-0.2, -0.15) is 4.31 Å². The molecule has 2 fully saturated rings. The van der Waals surface area contributed by atoms with Crippen LogP contribution in [-0.2, 0) is 29.8 Å². The van der Waals surface area contributed by atoms with Crippen molar-refractivity contribution in [3.05, 3.63) is 64.7 Å². The van der Waals surface area contributed by atoms with Crippen LogP contribution >= 0.6 is 0 Å². The molecule has 4 rings (SSSR count). The second kappa shape index (κ2) is 15.2. The van der Waals surface area contributed by atoms with Crippen LogP contribution in [-0.4, -0.2) is 80.6 Å². The highest BCUT2D eigenvalue weighted by atomic mass is 32.2. The molecule has 49 heavy (non-hydrogen) atoms. The monoisotopic (exact) mass is 698 g/mol. The second-order valence-electron chi connectivity index (χ2n) is 15.0. The lowest BCUT2D eigenvalue weighted by molar-refractivity contribution is -0.139. The fraction of sp³-hybridized carbons (Fsp3) is 0.579. The van der Waals surface area contributed by atoms with Gasteiger partial charge in [0.1, 0.15) is 23.0 Å². The summed E-state index contributed by atoms with van der Waals surface area (Å²) in [5.74, 6) is -0.391. The number of rotatable bonds is 12. The zero-order valence-electron chi connectivity index (χ0n) is 30.5. The summed E-state index contributed by atoms with van der Waals surface area (Å²) in [6.45, 7) is 20.6. The standard InChI is InChI=1S/C38H54N2O8S/c1-23(2)27-17-25(5)36(33(19-27)47-22-35(42)43)37-30(24(3)4)18-28-21-40(14-13-31(28)48-37)49(44,45)34-20-29(38(7,8)9)11-12-32(34)46-16-15-39(10)26(6)41/h11-12,17,19-20,23,28,30-31,37H,3,13-16,18,21-22H2,1-2,4-10H3,(H,42,43)/t28-,30-,31+,37+/m1/s1. The van der Waals surface area contributed by atoms with Gasteiger partial charge in [-0.1, -0.05) is 58.9 Å². The van der Waals surface area contributed by atoms with Gasteiger partial charge in [0.15, 0.2) is 6.61 Å². The molecule has 1 N–H and O–H groups in total. The summed E-state index contributed by atoms with van der Waals surface area (Å²) >= 11 is 0. The summed E-state index contributed by atoms with van der Waals surface area (Å²) in [4.78, 5) is 24.8. The maximum atomic E-state index is 14.4. The maximum absolute atomic E-state index is 14.4. The van der Waals surface area contributed by atoms with Gasteiger partial charge in [-0.25, -0.2) is 13.2 Å². The van der Waals surface area contributed by atoms with Crippen molar-refractivity contribution in [2.75, 3.05) is 39.9 Å². The molecule has 0 radical (unpaired) electrons. The molecule has 2 aliphatic rings. The van der Waals surface area contributed by atoms with Crippen LogP contribution in [0.25, 0.3) is 0 Å². The van der Waals surface area contributed by atoms with Crippen molar-refractivity contribution < 1.29 is 37.3 Å². The van der Waals surface area contributed by atoms with Gasteiger partial charge in [0.05, 0.1) is 18.8 Å². The van der Waals surface area contributed by atoms with Crippen molar-refractivity contribution in [3.8, 4) is 11.5 Å². The van der Waals surface area contributed by atoms with E-state index in [1.165, 1.54) is 11.8 Å². The first kappa shape index (κ1) is 38.4. The van der Waals surface area contributed by atoms with E-state index in [9.17, 15) is 23.1 Å². The topological polar surface area (TPSA) is 123 Å². The van der Waals surface area contributed by atoms with Crippen molar-refractivity contribution in [3.63, 3.8) is 0 Å². The average Bonchev–Trinajstić information content (AvgIpc) is 3.01. The molecule has 2 saturated heterocycles. The third-order valence-corrected chi connectivity index (χ3v) is 11.7. The summed E-state index contributed by atoms with van der Waals surface area (Å²) in [5, 5.41) is 9.40. The third kappa shape index (κ3) is 8.85. The quantitative estimate of drug-likeness (QED) is 0.251. The minimum Gasteiger partial charge on any atom is -0.490 e. The normalized spacial score (nSPS) is 21.6. The van der Waals surface area contributed by atoms with E-state index in [-0.39, 0.29) is 65.5 Å². The number of likely N-dealkylation sites (N-methyl/N-ethyl adjacent to an activating group) is 1. The number of hydrogen-bond acceptors (Lipinski definition) is 7. The first-order valence-corrected chi connectivity index (χ1v) is 18.5. The molecule has 0 aliphatic carbocycles. The van der Waals surface area contributed by atoms with E-state index in [2.05, 4.69) is 26.5 Å². The molecule has 10 nitrogen and oxygen atoms in total. The maximum Gasteiger partial charge on any atom is 0.341 e. The number of carboxylic acid groups (broad SMARTS) is 1. The number of sulfonamides is 1. The Morgan fingerprint density at radius 2 is 1.82 bits per heavy atom. The van der Waals surface area contributed by atoms with Gasteiger partial charge in [-0.3, -0.25) is 4.79 Å². The fourth-order valence-corrected chi connectivity index (χ4v) is 8.37. The second-order valence-corrected chi connectivity index (χ2v) is 16.9. The lowest BCUT2D eigenvalue weighted by Crippen LogP contribution is -2.50. The molecule has 0 saturated carbocycles. The van der Waals surface area contributed by atoms with Crippen LogP contribution in [0.1, 0.15) is 95.6 Å². The van der Waals surface area contributed by atoms with Crippen molar-refractivity contribution in [1.29, 1.82) is 0 Å². The number of aryl methyl sites for hydroxylation is 1. The number of ether oxygens (including phenoxy) is 3.